The van der Waals surface area contributed by atoms with E-state index >= 15 is 0 Å². The van der Waals surface area contributed by atoms with Gasteiger partial charge in [0.15, 0.2) is 9.84 Å². The number of hydrogen-bond acceptors (Lipinski definition) is 3. The number of amides is 1. The highest BCUT2D eigenvalue weighted by Gasteiger charge is 2.24. The molecule has 0 saturated carbocycles. The van der Waals surface area contributed by atoms with E-state index in [9.17, 15) is 17.6 Å². The Balaban J connectivity index is 1.43. The first-order valence-corrected chi connectivity index (χ1v) is 14.5. The van der Waals surface area contributed by atoms with Crippen molar-refractivity contribution in [2.75, 3.05) is 6.54 Å². The number of nitrogens with zero attached hydrogens (tertiary/aromatic N) is 2. The minimum Gasteiger partial charge on any atom is -0.337 e. The molecule has 0 aliphatic rings. The summed E-state index contributed by atoms with van der Waals surface area (Å²) in [6.07, 6.45) is 2.21. The lowest BCUT2D eigenvalue weighted by atomic mass is 10.1. The quantitative estimate of drug-likeness (QED) is 0.218. The van der Waals surface area contributed by atoms with Crippen molar-refractivity contribution in [2.45, 2.75) is 30.2 Å². The van der Waals surface area contributed by atoms with Gasteiger partial charge < -0.3 is 9.47 Å². The number of rotatable bonds is 10. The Labute approximate surface area is 228 Å². The smallest absolute Gasteiger partial charge is 0.242 e. The molecule has 7 heteroatoms. The summed E-state index contributed by atoms with van der Waals surface area (Å²) in [6.45, 7) is 0.955. The largest absolute Gasteiger partial charge is 0.337 e. The first-order chi connectivity index (χ1) is 18.9. The lowest BCUT2D eigenvalue weighted by Crippen LogP contribution is -2.35. The van der Waals surface area contributed by atoms with E-state index in [1.165, 1.54) is 24.4 Å². The van der Waals surface area contributed by atoms with Crippen molar-refractivity contribution in [1.29, 1.82) is 0 Å². The Bertz CT molecular complexity index is 1680. The van der Waals surface area contributed by atoms with E-state index in [2.05, 4.69) is 0 Å². The van der Waals surface area contributed by atoms with Gasteiger partial charge in [-0.1, -0.05) is 97.1 Å². The maximum absolute atomic E-state index is 14.3. The summed E-state index contributed by atoms with van der Waals surface area (Å²) in [5.74, 6) is -1.14. The van der Waals surface area contributed by atoms with Crippen molar-refractivity contribution in [3.63, 3.8) is 0 Å². The standard InChI is InChI=1S/C32H29FN2O3S/c33-29-17-9-7-15-27(29)24-39(37,38)31-22-35(30-18-10-8-16-28(30)31)23-32(36)34(21-26-13-5-2-6-14-26)20-19-25-11-3-1-4-12-25/h1-18,22H,19-21,23-24H2. The van der Waals surface area contributed by atoms with Crippen LogP contribution in [0.1, 0.15) is 16.7 Å². The first-order valence-electron chi connectivity index (χ1n) is 12.8. The Morgan fingerprint density at radius 2 is 1.38 bits per heavy atom. The molecule has 0 N–H and O–H groups in total. The number of halogens is 1. The molecular formula is C32H29FN2O3S. The van der Waals surface area contributed by atoms with E-state index in [1.54, 1.807) is 28.8 Å². The lowest BCUT2D eigenvalue weighted by molar-refractivity contribution is -0.132. The minimum atomic E-state index is -3.88. The summed E-state index contributed by atoms with van der Waals surface area (Å²) >= 11 is 0. The number of hydrogen-bond donors (Lipinski definition) is 0. The number of carbonyl (C=O) groups is 1. The van der Waals surface area contributed by atoms with E-state index in [0.29, 0.717) is 30.4 Å². The fourth-order valence-electron chi connectivity index (χ4n) is 4.74. The van der Waals surface area contributed by atoms with E-state index < -0.39 is 21.4 Å². The molecule has 198 valence electrons. The summed E-state index contributed by atoms with van der Waals surface area (Å²) in [5.41, 5.74) is 2.90. The highest BCUT2D eigenvalue weighted by atomic mass is 32.2. The van der Waals surface area contributed by atoms with E-state index in [0.717, 1.165) is 11.1 Å². The number of para-hydroxylation sites is 1. The van der Waals surface area contributed by atoms with Gasteiger partial charge in [0.1, 0.15) is 12.4 Å². The van der Waals surface area contributed by atoms with E-state index in [-0.39, 0.29) is 22.9 Å². The van der Waals surface area contributed by atoms with Crippen LogP contribution in [0.2, 0.25) is 0 Å². The maximum Gasteiger partial charge on any atom is 0.242 e. The molecule has 0 unspecified atom stereocenters. The molecule has 0 aliphatic carbocycles. The minimum absolute atomic E-state index is 0.0165. The summed E-state index contributed by atoms with van der Waals surface area (Å²) in [6, 6.07) is 32.8. The monoisotopic (exact) mass is 540 g/mol. The number of aromatic nitrogens is 1. The first kappa shape index (κ1) is 26.4. The molecule has 0 spiro atoms. The third-order valence-corrected chi connectivity index (χ3v) is 8.46. The molecule has 5 aromatic rings. The predicted octanol–water partition coefficient (Wildman–Crippen LogP) is 6.03. The van der Waals surface area contributed by atoms with Crippen LogP contribution in [0.4, 0.5) is 4.39 Å². The third-order valence-electron chi connectivity index (χ3n) is 6.78. The lowest BCUT2D eigenvalue weighted by Gasteiger charge is -2.23. The van der Waals surface area contributed by atoms with Gasteiger partial charge in [0, 0.05) is 35.8 Å². The Kier molecular flexibility index (Phi) is 7.89. The SMILES string of the molecule is O=C(Cn1cc(S(=O)(=O)Cc2ccccc2F)c2ccccc21)N(CCc1ccccc1)Cc1ccccc1. The number of sulfone groups is 1. The Morgan fingerprint density at radius 3 is 2.10 bits per heavy atom. The molecule has 1 heterocycles. The van der Waals surface area contributed by atoms with Crippen LogP contribution in [0, 0.1) is 5.82 Å². The topological polar surface area (TPSA) is 59.4 Å². The molecule has 0 radical (unpaired) electrons. The average Bonchev–Trinajstić information content (AvgIpc) is 3.32. The highest BCUT2D eigenvalue weighted by Crippen LogP contribution is 2.29. The van der Waals surface area contributed by atoms with Gasteiger partial charge in [-0.15, -0.1) is 0 Å². The predicted molar refractivity (Wildman–Crippen MR) is 151 cm³/mol. The second-order valence-electron chi connectivity index (χ2n) is 9.53. The van der Waals surface area contributed by atoms with Crippen LogP contribution in [-0.4, -0.2) is 30.3 Å². The van der Waals surface area contributed by atoms with Crippen molar-refractivity contribution in [3.8, 4) is 0 Å². The highest BCUT2D eigenvalue weighted by molar-refractivity contribution is 7.90. The third kappa shape index (κ3) is 6.26. The number of fused-ring (bicyclic) bond motifs is 1. The van der Waals surface area contributed by atoms with Gasteiger partial charge in [0.2, 0.25) is 5.91 Å². The van der Waals surface area contributed by atoms with Gasteiger partial charge >= 0.3 is 0 Å². The Morgan fingerprint density at radius 1 is 0.769 bits per heavy atom. The molecule has 1 aromatic heterocycles. The second kappa shape index (κ2) is 11.7. The molecule has 0 saturated heterocycles. The van der Waals surface area contributed by atoms with Gasteiger partial charge in [-0.3, -0.25) is 4.79 Å². The summed E-state index contributed by atoms with van der Waals surface area (Å²) in [4.78, 5) is 15.6. The van der Waals surface area contributed by atoms with Crippen molar-refractivity contribution in [3.05, 3.63) is 138 Å². The van der Waals surface area contributed by atoms with Crippen LogP contribution in [0.15, 0.2) is 120 Å². The van der Waals surface area contributed by atoms with Crippen molar-refractivity contribution < 1.29 is 17.6 Å². The van der Waals surface area contributed by atoms with E-state index in [1.807, 2.05) is 71.6 Å². The van der Waals surface area contributed by atoms with Crippen molar-refractivity contribution >= 4 is 26.6 Å². The van der Waals surface area contributed by atoms with Gasteiger partial charge in [0.05, 0.1) is 10.6 Å². The van der Waals surface area contributed by atoms with Gasteiger partial charge in [0.25, 0.3) is 0 Å². The molecule has 39 heavy (non-hydrogen) atoms. The van der Waals surface area contributed by atoms with Crippen LogP contribution in [0.25, 0.3) is 10.9 Å². The molecule has 5 nitrogen and oxygen atoms in total. The molecule has 1 amide bonds. The molecule has 4 aromatic carbocycles. The van der Waals surface area contributed by atoms with Gasteiger partial charge in [-0.2, -0.15) is 0 Å². The zero-order valence-electron chi connectivity index (χ0n) is 21.4. The fraction of sp³-hybridized carbons (Fsp3) is 0.156. The maximum atomic E-state index is 14.3. The van der Waals surface area contributed by atoms with Crippen LogP contribution in [-0.2, 0) is 39.9 Å². The van der Waals surface area contributed by atoms with Crippen LogP contribution >= 0.6 is 0 Å². The molecule has 0 atom stereocenters. The average molecular weight is 541 g/mol. The van der Waals surface area contributed by atoms with Crippen LogP contribution in [0.3, 0.4) is 0 Å². The summed E-state index contributed by atoms with van der Waals surface area (Å²) in [5, 5.41) is 0.514. The van der Waals surface area contributed by atoms with Gasteiger partial charge in [-0.05, 0) is 29.7 Å². The zero-order chi connectivity index (χ0) is 27.2. The molecule has 5 rings (SSSR count). The molecule has 0 bridgehead atoms. The molecule has 0 aliphatic heterocycles. The summed E-state index contributed by atoms with van der Waals surface area (Å²) in [7, 11) is -3.88. The van der Waals surface area contributed by atoms with Crippen molar-refractivity contribution in [1.82, 2.24) is 9.47 Å². The second-order valence-corrected chi connectivity index (χ2v) is 11.5. The Hall–Kier alpha value is -4.23. The van der Waals surface area contributed by atoms with E-state index in [4.69, 9.17) is 0 Å². The normalized spacial score (nSPS) is 11.5. The van der Waals surface area contributed by atoms with Gasteiger partial charge in [-0.25, -0.2) is 12.8 Å². The number of benzene rings is 4. The van der Waals surface area contributed by atoms with Crippen molar-refractivity contribution in [2.24, 2.45) is 0 Å². The number of carbonyl (C=O) groups excluding carboxylic acids is 1. The fourth-order valence-corrected chi connectivity index (χ4v) is 6.33. The van der Waals surface area contributed by atoms with Crippen LogP contribution in [0.5, 0.6) is 0 Å². The van der Waals surface area contributed by atoms with Crippen LogP contribution < -0.4 is 0 Å². The zero-order valence-corrected chi connectivity index (χ0v) is 22.2. The molecular weight excluding hydrogens is 511 g/mol. The molecule has 0 fully saturated rings. The summed E-state index contributed by atoms with van der Waals surface area (Å²) < 4.78 is 42.8.